The van der Waals surface area contributed by atoms with E-state index in [2.05, 4.69) is 229 Å². The van der Waals surface area contributed by atoms with Gasteiger partial charge in [0.05, 0.1) is 5.69 Å². The standard InChI is InChI=1S/C58H37NS/c1-3-16-40(17-4-1)56-51-23-10-9-21-47(51)48-36-34-43(37-53(48)57(56)41-18-5-2-6-19-41)59(54-27-14-25-46-44-20-8-7-15-38(44)31-35-49(46)54)42-32-29-39(30-33-42)45-24-13-26-52-50-22-11-12-28-55(50)60-58(45)52/h1-37H. The highest BCUT2D eigenvalue weighted by atomic mass is 32.1. The van der Waals surface area contributed by atoms with Gasteiger partial charge in [-0.15, -0.1) is 11.3 Å². The molecule has 1 aromatic heterocycles. The summed E-state index contributed by atoms with van der Waals surface area (Å²) in [6.07, 6.45) is 0. The molecule has 60 heavy (non-hydrogen) atoms. The van der Waals surface area contributed by atoms with Crippen molar-refractivity contribution in [1.29, 1.82) is 0 Å². The third-order valence-electron chi connectivity index (χ3n) is 12.2. The zero-order chi connectivity index (χ0) is 39.6. The number of hydrogen-bond acceptors (Lipinski definition) is 2. The molecule has 12 rings (SSSR count). The molecule has 0 radical (unpaired) electrons. The molecule has 0 N–H and O–H groups in total. The van der Waals surface area contributed by atoms with Gasteiger partial charge >= 0.3 is 0 Å². The fraction of sp³-hybridized carbons (Fsp3) is 0. The fourth-order valence-corrected chi connectivity index (χ4v) is 10.8. The van der Waals surface area contributed by atoms with Crippen molar-refractivity contribution in [2.45, 2.75) is 0 Å². The highest BCUT2D eigenvalue weighted by Crippen LogP contribution is 2.48. The second-order valence-electron chi connectivity index (χ2n) is 15.6. The van der Waals surface area contributed by atoms with Gasteiger partial charge in [-0.2, -0.15) is 0 Å². The summed E-state index contributed by atoms with van der Waals surface area (Å²) in [5.74, 6) is 0. The van der Waals surface area contributed by atoms with Gasteiger partial charge in [0.15, 0.2) is 0 Å². The molecule has 0 saturated heterocycles. The van der Waals surface area contributed by atoms with E-state index in [4.69, 9.17) is 0 Å². The Bertz CT molecular complexity index is 3590. The van der Waals surface area contributed by atoms with Crippen molar-refractivity contribution in [3.05, 3.63) is 224 Å². The molecule has 280 valence electrons. The number of fused-ring (bicyclic) bond motifs is 9. The number of hydrogen-bond donors (Lipinski definition) is 0. The Balaban J connectivity index is 1.12. The molecule has 2 heteroatoms. The molecule has 0 aliphatic heterocycles. The average Bonchev–Trinajstić information content (AvgIpc) is 3.71. The van der Waals surface area contributed by atoms with Crippen LogP contribution in [0.1, 0.15) is 0 Å². The van der Waals surface area contributed by atoms with Crippen LogP contribution < -0.4 is 4.90 Å². The minimum Gasteiger partial charge on any atom is -0.310 e. The summed E-state index contributed by atoms with van der Waals surface area (Å²) in [6, 6.07) is 82.6. The van der Waals surface area contributed by atoms with Crippen molar-refractivity contribution in [2.24, 2.45) is 0 Å². The van der Waals surface area contributed by atoms with Gasteiger partial charge in [0.2, 0.25) is 0 Å². The van der Waals surface area contributed by atoms with E-state index >= 15 is 0 Å². The maximum absolute atomic E-state index is 2.46. The maximum Gasteiger partial charge on any atom is 0.0540 e. The predicted octanol–water partition coefficient (Wildman–Crippen LogP) is 17.1. The summed E-state index contributed by atoms with van der Waals surface area (Å²) < 4.78 is 2.65. The van der Waals surface area contributed by atoms with Crippen LogP contribution in [0.2, 0.25) is 0 Å². The van der Waals surface area contributed by atoms with Gasteiger partial charge in [-0.1, -0.05) is 188 Å². The molecule has 0 bridgehead atoms. The zero-order valence-corrected chi connectivity index (χ0v) is 33.5. The molecule has 1 heterocycles. The first-order chi connectivity index (χ1) is 29.8. The molecule has 0 aliphatic carbocycles. The van der Waals surface area contributed by atoms with Crippen LogP contribution in [0.15, 0.2) is 224 Å². The van der Waals surface area contributed by atoms with Crippen LogP contribution in [0.25, 0.3) is 96.6 Å². The predicted molar refractivity (Wildman–Crippen MR) is 260 cm³/mol. The normalized spacial score (nSPS) is 11.7. The smallest absolute Gasteiger partial charge is 0.0540 e. The SMILES string of the molecule is c1ccc(-c2c(-c3ccccc3)c3cc(N(c4ccc(-c5cccc6c5sc5ccccc56)cc4)c4cccc5c4ccc4ccccc45)ccc3c3ccccc23)cc1. The highest BCUT2D eigenvalue weighted by molar-refractivity contribution is 7.26. The molecule has 0 aliphatic rings. The van der Waals surface area contributed by atoms with Crippen LogP contribution in [0.4, 0.5) is 17.1 Å². The summed E-state index contributed by atoms with van der Waals surface area (Å²) in [7, 11) is 0. The Labute approximate surface area is 352 Å². The van der Waals surface area contributed by atoms with Gasteiger partial charge in [-0.05, 0) is 107 Å². The molecular formula is C58H37NS. The van der Waals surface area contributed by atoms with Crippen molar-refractivity contribution in [2.75, 3.05) is 4.90 Å². The second kappa shape index (κ2) is 14.1. The highest BCUT2D eigenvalue weighted by Gasteiger charge is 2.22. The van der Waals surface area contributed by atoms with Gasteiger partial charge in [0.25, 0.3) is 0 Å². The first-order valence-corrected chi connectivity index (χ1v) is 21.4. The third-order valence-corrected chi connectivity index (χ3v) is 13.5. The Morgan fingerprint density at radius 3 is 1.63 bits per heavy atom. The van der Waals surface area contributed by atoms with Crippen LogP contribution in [-0.4, -0.2) is 0 Å². The first kappa shape index (κ1) is 34.5. The summed E-state index contributed by atoms with van der Waals surface area (Å²) in [5, 5.41) is 12.6. The van der Waals surface area contributed by atoms with Crippen LogP contribution in [0, 0.1) is 0 Å². The number of benzene rings is 11. The summed E-state index contributed by atoms with van der Waals surface area (Å²) in [6.45, 7) is 0. The van der Waals surface area contributed by atoms with E-state index in [-0.39, 0.29) is 0 Å². The van der Waals surface area contributed by atoms with Crippen LogP contribution in [-0.2, 0) is 0 Å². The van der Waals surface area contributed by atoms with Gasteiger partial charge < -0.3 is 4.90 Å². The largest absolute Gasteiger partial charge is 0.310 e. The zero-order valence-electron chi connectivity index (χ0n) is 32.7. The van der Waals surface area contributed by atoms with Crippen molar-refractivity contribution in [1.82, 2.24) is 0 Å². The summed E-state index contributed by atoms with van der Waals surface area (Å²) in [4.78, 5) is 2.46. The van der Waals surface area contributed by atoms with E-state index in [0.29, 0.717) is 0 Å². The van der Waals surface area contributed by atoms with E-state index < -0.39 is 0 Å². The fourth-order valence-electron chi connectivity index (χ4n) is 9.54. The number of nitrogens with zero attached hydrogens (tertiary/aromatic N) is 1. The van der Waals surface area contributed by atoms with Crippen molar-refractivity contribution >= 4 is 91.7 Å². The van der Waals surface area contributed by atoms with E-state index in [1.165, 1.54) is 96.6 Å². The van der Waals surface area contributed by atoms with Crippen LogP contribution in [0.5, 0.6) is 0 Å². The Kier molecular flexibility index (Phi) is 8.11. The molecule has 1 nitrogen and oxygen atoms in total. The lowest BCUT2D eigenvalue weighted by atomic mass is 9.85. The number of thiophene rings is 1. The number of anilines is 3. The van der Waals surface area contributed by atoms with Gasteiger partial charge in [0, 0.05) is 36.9 Å². The van der Waals surface area contributed by atoms with E-state index in [9.17, 15) is 0 Å². The second-order valence-corrected chi connectivity index (χ2v) is 16.6. The lowest BCUT2D eigenvalue weighted by Crippen LogP contribution is -2.10. The Morgan fingerprint density at radius 1 is 0.300 bits per heavy atom. The van der Waals surface area contributed by atoms with Gasteiger partial charge in [0.1, 0.15) is 0 Å². The first-order valence-electron chi connectivity index (χ1n) is 20.6. The molecular weight excluding hydrogens is 743 g/mol. The molecule has 0 spiro atoms. The number of rotatable bonds is 6. The monoisotopic (exact) mass is 779 g/mol. The molecule has 12 aromatic rings. The lowest BCUT2D eigenvalue weighted by molar-refractivity contribution is 1.30. The topological polar surface area (TPSA) is 3.24 Å². The Hall–Kier alpha value is -7.52. The van der Waals surface area contributed by atoms with Crippen molar-refractivity contribution < 1.29 is 0 Å². The quantitative estimate of drug-likeness (QED) is 0.152. The average molecular weight is 780 g/mol. The summed E-state index contributed by atoms with van der Waals surface area (Å²) in [5.41, 5.74) is 10.7. The third kappa shape index (κ3) is 5.53. The molecule has 11 aromatic carbocycles. The van der Waals surface area contributed by atoms with Crippen LogP contribution >= 0.6 is 11.3 Å². The molecule has 0 atom stereocenters. The van der Waals surface area contributed by atoms with E-state index in [0.717, 1.165) is 17.1 Å². The van der Waals surface area contributed by atoms with Crippen molar-refractivity contribution in [3.8, 4) is 33.4 Å². The van der Waals surface area contributed by atoms with Gasteiger partial charge in [-0.3, -0.25) is 0 Å². The molecule has 0 amide bonds. The lowest BCUT2D eigenvalue weighted by Gasteiger charge is -2.28. The molecule has 0 unspecified atom stereocenters. The maximum atomic E-state index is 2.46. The van der Waals surface area contributed by atoms with Gasteiger partial charge in [-0.25, -0.2) is 0 Å². The molecule has 0 fully saturated rings. The summed E-state index contributed by atoms with van der Waals surface area (Å²) >= 11 is 1.88. The van der Waals surface area contributed by atoms with E-state index in [1.54, 1.807) is 0 Å². The van der Waals surface area contributed by atoms with E-state index in [1.807, 2.05) is 11.3 Å². The molecule has 0 saturated carbocycles. The van der Waals surface area contributed by atoms with Crippen molar-refractivity contribution in [3.63, 3.8) is 0 Å². The Morgan fingerprint density at radius 2 is 0.850 bits per heavy atom. The minimum absolute atomic E-state index is 1.10. The minimum atomic E-state index is 1.10. The van der Waals surface area contributed by atoms with Crippen LogP contribution in [0.3, 0.4) is 0 Å².